The topological polar surface area (TPSA) is 12.0 Å². The Labute approximate surface area is 128 Å². The highest BCUT2D eigenvalue weighted by molar-refractivity contribution is 7.99. The maximum absolute atomic E-state index is 13.4. The smallest absolute Gasteiger partial charge is 0.123 e. The summed E-state index contributed by atoms with van der Waals surface area (Å²) in [6.45, 7) is 4.80. The number of hydrogen-bond donors (Lipinski definition) is 1. The van der Waals surface area contributed by atoms with Crippen LogP contribution >= 0.6 is 23.4 Å². The molecule has 2 aromatic rings. The Morgan fingerprint density at radius 1 is 1.20 bits per heavy atom. The molecule has 106 valence electrons. The monoisotopic (exact) mass is 309 g/mol. The van der Waals surface area contributed by atoms with E-state index in [1.54, 1.807) is 17.8 Å². The Balaban J connectivity index is 2.21. The quantitative estimate of drug-likeness (QED) is 0.822. The molecular weight excluding hydrogens is 293 g/mol. The number of benzene rings is 2. The van der Waals surface area contributed by atoms with Crippen LogP contribution in [0.2, 0.25) is 5.02 Å². The summed E-state index contributed by atoms with van der Waals surface area (Å²) < 4.78 is 13.4. The molecule has 0 heterocycles. The zero-order valence-corrected chi connectivity index (χ0v) is 13.1. The average Bonchev–Trinajstić information content (AvgIpc) is 2.39. The minimum absolute atomic E-state index is 0.207. The molecule has 0 saturated carbocycles. The molecule has 1 N–H and O–H groups in total. The average molecular weight is 310 g/mol. The molecule has 0 saturated heterocycles. The van der Waals surface area contributed by atoms with Gasteiger partial charge in [-0.25, -0.2) is 4.39 Å². The van der Waals surface area contributed by atoms with Gasteiger partial charge in [-0.05, 0) is 42.0 Å². The Bertz CT molecular complexity index is 586. The summed E-state index contributed by atoms with van der Waals surface area (Å²) >= 11 is 7.59. The normalized spacial score (nSPS) is 11.1. The summed E-state index contributed by atoms with van der Waals surface area (Å²) in [6.07, 6.45) is 0. The van der Waals surface area contributed by atoms with Gasteiger partial charge in [-0.3, -0.25) is 0 Å². The molecule has 0 spiro atoms. The number of hydrogen-bond acceptors (Lipinski definition) is 2. The van der Waals surface area contributed by atoms with Gasteiger partial charge in [0.2, 0.25) is 0 Å². The van der Waals surface area contributed by atoms with Crippen molar-refractivity contribution in [3.05, 3.63) is 58.9 Å². The Morgan fingerprint density at radius 3 is 2.70 bits per heavy atom. The van der Waals surface area contributed by atoms with Gasteiger partial charge < -0.3 is 5.32 Å². The number of halogens is 2. The molecule has 0 amide bonds. The van der Waals surface area contributed by atoms with Crippen molar-refractivity contribution >= 4 is 23.4 Å². The highest BCUT2D eigenvalue weighted by atomic mass is 35.5. The van der Waals surface area contributed by atoms with Gasteiger partial charge >= 0.3 is 0 Å². The fraction of sp³-hybridized carbons (Fsp3) is 0.250. The first kappa shape index (κ1) is 15.4. The summed E-state index contributed by atoms with van der Waals surface area (Å²) in [5, 5.41) is 4.03. The van der Waals surface area contributed by atoms with Crippen molar-refractivity contribution in [2.75, 3.05) is 0 Å². The van der Waals surface area contributed by atoms with E-state index in [-0.39, 0.29) is 5.82 Å². The summed E-state index contributed by atoms with van der Waals surface area (Å²) in [6, 6.07) is 12.9. The van der Waals surface area contributed by atoms with E-state index in [0.717, 1.165) is 15.4 Å². The van der Waals surface area contributed by atoms with Crippen molar-refractivity contribution in [3.8, 4) is 0 Å². The molecule has 0 bridgehead atoms. The summed E-state index contributed by atoms with van der Waals surface area (Å²) in [4.78, 5) is 2.09. The lowest BCUT2D eigenvalue weighted by Crippen LogP contribution is -2.22. The van der Waals surface area contributed by atoms with Crippen LogP contribution in [0.1, 0.15) is 19.4 Å². The third-order valence-corrected chi connectivity index (χ3v) is 4.09. The molecule has 0 aliphatic heterocycles. The van der Waals surface area contributed by atoms with Crippen LogP contribution < -0.4 is 5.32 Å². The third kappa shape index (κ3) is 4.51. The van der Waals surface area contributed by atoms with E-state index in [9.17, 15) is 4.39 Å². The standard InChI is InChI=1S/C16H17ClFNS/c1-11(2)19-10-12-8-14(18)6-7-16(12)20-15-5-3-4-13(17)9-15/h3-9,11,19H,10H2,1-2H3. The minimum atomic E-state index is -0.207. The molecule has 0 aliphatic carbocycles. The van der Waals surface area contributed by atoms with Crippen LogP contribution in [-0.2, 0) is 6.54 Å². The van der Waals surface area contributed by atoms with Gasteiger partial charge in [0.1, 0.15) is 5.82 Å². The first-order valence-electron chi connectivity index (χ1n) is 6.50. The molecule has 4 heteroatoms. The lowest BCUT2D eigenvalue weighted by Gasteiger charge is -2.12. The molecule has 0 aromatic heterocycles. The third-order valence-electron chi connectivity index (χ3n) is 2.75. The van der Waals surface area contributed by atoms with E-state index >= 15 is 0 Å². The van der Waals surface area contributed by atoms with Gasteiger partial charge in [0.25, 0.3) is 0 Å². The predicted molar refractivity (Wildman–Crippen MR) is 84.0 cm³/mol. The van der Waals surface area contributed by atoms with Crippen molar-refractivity contribution < 1.29 is 4.39 Å². The van der Waals surface area contributed by atoms with Gasteiger partial charge in [0.05, 0.1) is 0 Å². The van der Waals surface area contributed by atoms with Crippen LogP contribution in [0.3, 0.4) is 0 Å². The van der Waals surface area contributed by atoms with Crippen LogP contribution in [0.15, 0.2) is 52.3 Å². The molecule has 2 aromatic carbocycles. The second-order valence-electron chi connectivity index (χ2n) is 4.85. The van der Waals surface area contributed by atoms with Crippen molar-refractivity contribution in [3.63, 3.8) is 0 Å². The lowest BCUT2D eigenvalue weighted by atomic mass is 10.2. The second-order valence-corrected chi connectivity index (χ2v) is 6.40. The maximum Gasteiger partial charge on any atom is 0.123 e. The highest BCUT2D eigenvalue weighted by Gasteiger charge is 2.07. The predicted octanol–water partition coefficient (Wildman–Crippen LogP) is 5.13. The largest absolute Gasteiger partial charge is 0.310 e. The van der Waals surface area contributed by atoms with Crippen LogP contribution in [0, 0.1) is 5.82 Å². The lowest BCUT2D eigenvalue weighted by molar-refractivity contribution is 0.576. The molecular formula is C16H17ClFNS. The van der Waals surface area contributed by atoms with Gasteiger partial charge in [-0.15, -0.1) is 0 Å². The van der Waals surface area contributed by atoms with Gasteiger partial charge in [0, 0.05) is 27.4 Å². The molecule has 2 rings (SSSR count). The van der Waals surface area contributed by atoms with E-state index in [1.165, 1.54) is 6.07 Å². The number of rotatable bonds is 5. The zero-order valence-electron chi connectivity index (χ0n) is 11.5. The van der Waals surface area contributed by atoms with Crippen molar-refractivity contribution in [2.24, 2.45) is 0 Å². The van der Waals surface area contributed by atoms with E-state index in [2.05, 4.69) is 19.2 Å². The zero-order chi connectivity index (χ0) is 14.5. The molecule has 0 fully saturated rings. The summed E-state index contributed by atoms with van der Waals surface area (Å²) in [5.74, 6) is -0.207. The van der Waals surface area contributed by atoms with Crippen LogP contribution in [0.4, 0.5) is 4.39 Å². The molecule has 0 unspecified atom stereocenters. The van der Waals surface area contributed by atoms with Crippen LogP contribution in [0.5, 0.6) is 0 Å². The highest BCUT2D eigenvalue weighted by Crippen LogP contribution is 2.32. The van der Waals surface area contributed by atoms with Gasteiger partial charge in [0.15, 0.2) is 0 Å². The molecule has 0 atom stereocenters. The SMILES string of the molecule is CC(C)NCc1cc(F)ccc1Sc1cccc(Cl)c1. The molecule has 20 heavy (non-hydrogen) atoms. The minimum Gasteiger partial charge on any atom is -0.310 e. The second kappa shape index (κ2) is 7.11. The van der Waals surface area contributed by atoms with E-state index in [1.807, 2.05) is 30.3 Å². The molecule has 0 radical (unpaired) electrons. The fourth-order valence-electron chi connectivity index (χ4n) is 1.76. The van der Waals surface area contributed by atoms with Gasteiger partial charge in [-0.2, -0.15) is 0 Å². The summed E-state index contributed by atoms with van der Waals surface area (Å²) in [7, 11) is 0. The van der Waals surface area contributed by atoms with Crippen molar-refractivity contribution in [1.82, 2.24) is 5.32 Å². The van der Waals surface area contributed by atoms with Gasteiger partial charge in [-0.1, -0.05) is 43.3 Å². The Morgan fingerprint density at radius 2 is 2.00 bits per heavy atom. The first-order chi connectivity index (χ1) is 9.54. The van der Waals surface area contributed by atoms with E-state index < -0.39 is 0 Å². The fourth-order valence-corrected chi connectivity index (χ4v) is 3.00. The first-order valence-corrected chi connectivity index (χ1v) is 7.69. The maximum atomic E-state index is 13.4. The Kier molecular flexibility index (Phi) is 5.46. The summed E-state index contributed by atoms with van der Waals surface area (Å²) in [5.41, 5.74) is 0.962. The van der Waals surface area contributed by atoms with Crippen molar-refractivity contribution in [2.45, 2.75) is 36.2 Å². The Hall–Kier alpha value is -1.03. The van der Waals surface area contributed by atoms with Crippen LogP contribution in [-0.4, -0.2) is 6.04 Å². The number of nitrogens with one attached hydrogen (secondary N) is 1. The van der Waals surface area contributed by atoms with Crippen molar-refractivity contribution in [1.29, 1.82) is 0 Å². The van der Waals surface area contributed by atoms with E-state index in [0.29, 0.717) is 17.6 Å². The molecule has 0 aliphatic rings. The van der Waals surface area contributed by atoms with E-state index in [4.69, 9.17) is 11.6 Å². The van der Waals surface area contributed by atoms with Crippen LogP contribution in [0.25, 0.3) is 0 Å². The molecule has 1 nitrogen and oxygen atoms in total.